The monoisotopic (exact) mass is 268 g/mol. The molecule has 0 aliphatic heterocycles. The summed E-state index contributed by atoms with van der Waals surface area (Å²) in [6.45, 7) is -0.522. The molecule has 19 heavy (non-hydrogen) atoms. The summed E-state index contributed by atoms with van der Waals surface area (Å²) >= 11 is 0. The number of amides is 1. The van der Waals surface area contributed by atoms with Gasteiger partial charge in [-0.05, 0) is 12.1 Å². The van der Waals surface area contributed by atoms with Crippen molar-refractivity contribution in [2.24, 2.45) is 0 Å². The maximum Gasteiger partial charge on any atom is 0.294 e. The zero-order valence-electron chi connectivity index (χ0n) is 9.90. The van der Waals surface area contributed by atoms with Crippen molar-refractivity contribution in [3.8, 4) is 5.75 Å². The van der Waals surface area contributed by atoms with Crippen molar-refractivity contribution in [1.82, 2.24) is 5.32 Å². The molecule has 0 fully saturated rings. The third kappa shape index (κ3) is 5.48. The smallest absolute Gasteiger partial charge is 0.294 e. The van der Waals surface area contributed by atoms with Gasteiger partial charge in [0.1, 0.15) is 12.4 Å². The van der Waals surface area contributed by atoms with Gasteiger partial charge in [-0.3, -0.25) is 9.59 Å². The van der Waals surface area contributed by atoms with E-state index in [0.717, 1.165) is 0 Å². The van der Waals surface area contributed by atoms with Gasteiger partial charge in [-0.1, -0.05) is 12.1 Å². The van der Waals surface area contributed by atoms with Crippen molar-refractivity contribution in [1.29, 1.82) is 0 Å². The summed E-state index contributed by atoms with van der Waals surface area (Å²) in [5.74, 6) is -0.165. The van der Waals surface area contributed by atoms with E-state index in [1.807, 2.05) is 0 Å². The topological polar surface area (TPSA) is 108 Å². The highest BCUT2D eigenvalue weighted by Crippen LogP contribution is 2.15. The van der Waals surface area contributed by atoms with Gasteiger partial charge in [0.05, 0.1) is 5.56 Å². The molecule has 8 heteroatoms. The van der Waals surface area contributed by atoms with Gasteiger partial charge in [0.15, 0.2) is 12.9 Å². The fourth-order valence-electron chi connectivity index (χ4n) is 1.21. The molecule has 1 N–H and O–H groups in total. The summed E-state index contributed by atoms with van der Waals surface area (Å²) in [4.78, 5) is 35.8. The molecular weight excluding hydrogens is 256 g/mol. The van der Waals surface area contributed by atoms with Gasteiger partial charge in [-0.25, -0.2) is 0 Å². The van der Waals surface area contributed by atoms with E-state index in [4.69, 9.17) is 4.74 Å². The van der Waals surface area contributed by atoms with Crippen LogP contribution in [0, 0.1) is 10.1 Å². The molecule has 0 aliphatic rings. The summed E-state index contributed by atoms with van der Waals surface area (Å²) in [7, 11) is 0. The van der Waals surface area contributed by atoms with E-state index in [9.17, 15) is 19.7 Å². The minimum absolute atomic E-state index is 0.00149. The Hall–Kier alpha value is -2.64. The van der Waals surface area contributed by atoms with Crippen LogP contribution in [0.25, 0.3) is 0 Å². The summed E-state index contributed by atoms with van der Waals surface area (Å²) in [6.07, 6.45) is 0.623. The number of benzene rings is 1. The van der Waals surface area contributed by atoms with E-state index >= 15 is 0 Å². The van der Waals surface area contributed by atoms with Gasteiger partial charge >= 0.3 is 0 Å². The van der Waals surface area contributed by atoms with Crippen molar-refractivity contribution in [2.45, 2.75) is 0 Å². The Bertz CT molecular complexity index is 462. The Balaban J connectivity index is 2.30. The van der Waals surface area contributed by atoms with Crippen LogP contribution in [0.2, 0.25) is 0 Å². The van der Waals surface area contributed by atoms with E-state index in [0.29, 0.717) is 17.6 Å². The van der Waals surface area contributed by atoms with Crippen LogP contribution in [-0.2, 0) is 9.63 Å². The number of ether oxygens (including phenoxy) is 1. The molecule has 0 aliphatic carbocycles. The average molecular weight is 268 g/mol. The molecule has 102 valence electrons. The number of carbonyl (C=O) groups is 2. The maximum absolute atomic E-state index is 11.3. The first kappa shape index (κ1) is 14.4. The number of nitrogens with one attached hydrogen (secondary N) is 1. The molecule has 0 heterocycles. The van der Waals surface area contributed by atoms with Gasteiger partial charge in [-0.2, -0.15) is 0 Å². The summed E-state index contributed by atoms with van der Waals surface area (Å²) in [5.41, 5.74) is 0.340. The Labute approximate surface area is 108 Å². The number of hydrogen-bond acceptors (Lipinski definition) is 6. The number of aldehydes is 1. The van der Waals surface area contributed by atoms with Crippen LogP contribution in [0.5, 0.6) is 5.75 Å². The Kier molecular flexibility index (Phi) is 5.80. The summed E-state index contributed by atoms with van der Waals surface area (Å²) in [5, 5.41) is 11.3. The Morgan fingerprint density at radius 1 is 1.42 bits per heavy atom. The number of hydrogen-bond donors (Lipinski definition) is 1. The molecule has 0 spiro atoms. The number of carbonyl (C=O) groups excluding carboxylic acids is 2. The molecule has 0 aromatic heterocycles. The van der Waals surface area contributed by atoms with Gasteiger partial charge in [0, 0.05) is 6.54 Å². The molecule has 0 saturated carbocycles. The second kappa shape index (κ2) is 7.64. The van der Waals surface area contributed by atoms with Gasteiger partial charge in [0.2, 0.25) is 0 Å². The molecule has 0 bridgehead atoms. The molecule has 1 aromatic carbocycles. The van der Waals surface area contributed by atoms with E-state index in [-0.39, 0.29) is 19.8 Å². The Morgan fingerprint density at radius 2 is 2.16 bits per heavy atom. The first-order valence-corrected chi connectivity index (χ1v) is 5.34. The summed E-state index contributed by atoms with van der Waals surface area (Å²) in [6, 6.07) is 6.47. The van der Waals surface area contributed by atoms with Crippen LogP contribution < -0.4 is 10.1 Å². The van der Waals surface area contributed by atoms with Crippen LogP contribution in [0.1, 0.15) is 10.4 Å². The van der Waals surface area contributed by atoms with Crippen molar-refractivity contribution < 1.29 is 24.3 Å². The number of para-hydroxylation sites is 1. The van der Waals surface area contributed by atoms with Crippen LogP contribution in [0.4, 0.5) is 0 Å². The number of nitrogens with zero attached hydrogens (tertiary/aromatic N) is 1. The second-order valence-corrected chi connectivity index (χ2v) is 3.35. The predicted octanol–water partition coefficient (Wildman–Crippen LogP) is 0.202. The van der Waals surface area contributed by atoms with Crippen molar-refractivity contribution >= 4 is 12.2 Å². The van der Waals surface area contributed by atoms with E-state index in [1.54, 1.807) is 24.3 Å². The van der Waals surface area contributed by atoms with Crippen LogP contribution in [-0.4, -0.2) is 37.0 Å². The molecule has 1 aromatic rings. The quantitative estimate of drug-likeness (QED) is 0.312. The SMILES string of the molecule is O=Cc1ccccc1OCC(=O)NCCO[N+](=O)[O-]. The lowest BCUT2D eigenvalue weighted by molar-refractivity contribution is -0.757. The standard InChI is InChI=1S/C11H12N2O6/c14-7-9-3-1-2-4-10(9)18-8-11(15)12-5-6-19-13(16)17/h1-4,7H,5-6,8H2,(H,12,15). The van der Waals surface area contributed by atoms with Crippen LogP contribution in [0.15, 0.2) is 24.3 Å². The summed E-state index contributed by atoms with van der Waals surface area (Å²) < 4.78 is 5.15. The minimum atomic E-state index is -0.941. The normalized spacial score (nSPS) is 9.47. The molecule has 1 rings (SSSR count). The molecule has 0 radical (unpaired) electrons. The molecule has 8 nitrogen and oxygen atoms in total. The number of rotatable bonds is 8. The third-order valence-corrected chi connectivity index (χ3v) is 2.03. The third-order valence-electron chi connectivity index (χ3n) is 2.03. The zero-order valence-corrected chi connectivity index (χ0v) is 9.90. The minimum Gasteiger partial charge on any atom is -0.483 e. The van der Waals surface area contributed by atoms with E-state index in [2.05, 4.69) is 10.2 Å². The maximum atomic E-state index is 11.3. The molecule has 0 atom stereocenters. The predicted molar refractivity (Wildman–Crippen MR) is 63.3 cm³/mol. The van der Waals surface area contributed by atoms with Crippen LogP contribution in [0.3, 0.4) is 0 Å². The fourth-order valence-corrected chi connectivity index (χ4v) is 1.21. The zero-order chi connectivity index (χ0) is 14.1. The molecule has 0 saturated heterocycles. The Morgan fingerprint density at radius 3 is 2.84 bits per heavy atom. The van der Waals surface area contributed by atoms with E-state index in [1.165, 1.54) is 0 Å². The largest absolute Gasteiger partial charge is 0.483 e. The van der Waals surface area contributed by atoms with E-state index < -0.39 is 11.0 Å². The lowest BCUT2D eigenvalue weighted by Gasteiger charge is -2.08. The van der Waals surface area contributed by atoms with Gasteiger partial charge in [0.25, 0.3) is 11.0 Å². The molecular formula is C11H12N2O6. The van der Waals surface area contributed by atoms with Gasteiger partial charge in [-0.15, -0.1) is 10.1 Å². The van der Waals surface area contributed by atoms with Crippen molar-refractivity contribution in [3.05, 3.63) is 39.9 Å². The van der Waals surface area contributed by atoms with Crippen molar-refractivity contribution in [2.75, 3.05) is 19.8 Å². The van der Waals surface area contributed by atoms with Crippen molar-refractivity contribution in [3.63, 3.8) is 0 Å². The average Bonchev–Trinajstić information content (AvgIpc) is 2.41. The fraction of sp³-hybridized carbons (Fsp3) is 0.273. The highest BCUT2D eigenvalue weighted by Gasteiger charge is 2.05. The second-order valence-electron chi connectivity index (χ2n) is 3.35. The lowest BCUT2D eigenvalue weighted by Crippen LogP contribution is -2.32. The first-order valence-electron chi connectivity index (χ1n) is 5.34. The first-order chi connectivity index (χ1) is 9.13. The lowest BCUT2D eigenvalue weighted by atomic mass is 10.2. The highest BCUT2D eigenvalue weighted by molar-refractivity contribution is 5.80. The molecule has 1 amide bonds. The highest BCUT2D eigenvalue weighted by atomic mass is 16.9. The van der Waals surface area contributed by atoms with Gasteiger partial charge < -0.3 is 14.9 Å². The molecule has 0 unspecified atom stereocenters. The van der Waals surface area contributed by atoms with Crippen LogP contribution >= 0.6 is 0 Å².